The van der Waals surface area contributed by atoms with E-state index in [1.807, 2.05) is 35.6 Å². The number of hydrogen-bond acceptors (Lipinski definition) is 6. The van der Waals surface area contributed by atoms with Gasteiger partial charge in [0, 0.05) is 0 Å². The standard InChI is InChI=1S/C22H19IN2O5S/c1-15-8-10-18(11-9-15)31(27,28)25-24-14-16-12-19(23)21(20(13-16)29-2)30-22(26)17-6-4-3-5-7-17/h3-14,25H,1-2H3/b24-14-. The van der Waals surface area contributed by atoms with E-state index in [0.29, 0.717) is 20.4 Å². The number of ether oxygens (including phenoxy) is 2. The highest BCUT2D eigenvalue weighted by Crippen LogP contribution is 2.34. The lowest BCUT2D eigenvalue weighted by Gasteiger charge is -2.12. The minimum atomic E-state index is -3.78. The van der Waals surface area contributed by atoms with Crippen molar-refractivity contribution in [3.63, 3.8) is 0 Å². The molecule has 0 aliphatic rings. The van der Waals surface area contributed by atoms with E-state index in [4.69, 9.17) is 9.47 Å². The second kappa shape index (κ2) is 9.92. The molecule has 0 amide bonds. The van der Waals surface area contributed by atoms with Crippen molar-refractivity contribution in [1.82, 2.24) is 4.83 Å². The fourth-order valence-electron chi connectivity index (χ4n) is 2.58. The van der Waals surface area contributed by atoms with Crippen LogP contribution in [0.25, 0.3) is 0 Å². The van der Waals surface area contributed by atoms with E-state index < -0.39 is 16.0 Å². The van der Waals surface area contributed by atoms with E-state index in [-0.39, 0.29) is 10.6 Å². The number of hydrazone groups is 1. The molecule has 0 aliphatic carbocycles. The van der Waals surface area contributed by atoms with Crippen molar-refractivity contribution in [3.8, 4) is 11.5 Å². The fraction of sp³-hybridized carbons (Fsp3) is 0.0909. The summed E-state index contributed by atoms with van der Waals surface area (Å²) < 4.78 is 36.1. The Hall–Kier alpha value is -2.92. The number of carbonyl (C=O) groups excluding carboxylic acids is 1. The summed E-state index contributed by atoms with van der Waals surface area (Å²) in [6.07, 6.45) is 1.35. The van der Waals surface area contributed by atoms with Crippen molar-refractivity contribution < 1.29 is 22.7 Å². The van der Waals surface area contributed by atoms with Gasteiger partial charge in [0.25, 0.3) is 10.0 Å². The Morgan fingerprint density at radius 2 is 1.74 bits per heavy atom. The van der Waals surface area contributed by atoms with Crippen LogP contribution in [0.5, 0.6) is 11.5 Å². The summed E-state index contributed by atoms with van der Waals surface area (Å²) in [4.78, 5) is 14.7. The molecule has 9 heteroatoms. The van der Waals surface area contributed by atoms with Crippen molar-refractivity contribution >= 4 is 44.8 Å². The van der Waals surface area contributed by atoms with Gasteiger partial charge < -0.3 is 9.47 Å². The molecule has 0 aliphatic heterocycles. The van der Waals surface area contributed by atoms with Crippen LogP contribution in [-0.2, 0) is 10.0 Å². The number of rotatable bonds is 7. The van der Waals surface area contributed by atoms with Crippen molar-refractivity contribution in [3.05, 3.63) is 87.0 Å². The number of nitrogens with zero attached hydrogens (tertiary/aromatic N) is 1. The van der Waals surface area contributed by atoms with Crippen LogP contribution in [0.4, 0.5) is 0 Å². The fourth-order valence-corrected chi connectivity index (χ4v) is 4.11. The van der Waals surface area contributed by atoms with E-state index in [2.05, 4.69) is 9.93 Å². The predicted octanol–water partition coefficient (Wildman–Crippen LogP) is 4.14. The smallest absolute Gasteiger partial charge is 0.343 e. The van der Waals surface area contributed by atoms with Gasteiger partial charge in [-0.1, -0.05) is 35.9 Å². The number of esters is 1. The van der Waals surface area contributed by atoms with Gasteiger partial charge in [0.05, 0.1) is 27.4 Å². The van der Waals surface area contributed by atoms with Gasteiger partial charge in [-0.05, 0) is 71.5 Å². The van der Waals surface area contributed by atoms with Crippen molar-refractivity contribution in [2.45, 2.75) is 11.8 Å². The van der Waals surface area contributed by atoms with Crippen LogP contribution in [0.15, 0.2) is 76.7 Å². The van der Waals surface area contributed by atoms with Crippen molar-refractivity contribution in [2.24, 2.45) is 5.10 Å². The molecule has 0 heterocycles. The van der Waals surface area contributed by atoms with Crippen LogP contribution in [0.1, 0.15) is 21.5 Å². The highest BCUT2D eigenvalue weighted by atomic mass is 127. The molecule has 0 atom stereocenters. The Balaban J connectivity index is 1.78. The predicted molar refractivity (Wildman–Crippen MR) is 126 cm³/mol. The number of nitrogens with one attached hydrogen (secondary N) is 1. The summed E-state index contributed by atoms with van der Waals surface area (Å²) in [6.45, 7) is 1.87. The Morgan fingerprint density at radius 3 is 2.39 bits per heavy atom. The van der Waals surface area contributed by atoms with E-state index >= 15 is 0 Å². The molecule has 0 saturated carbocycles. The lowest BCUT2D eigenvalue weighted by molar-refractivity contribution is 0.0728. The first kappa shape index (κ1) is 22.8. The van der Waals surface area contributed by atoms with Crippen LogP contribution in [-0.4, -0.2) is 27.7 Å². The third kappa shape index (κ3) is 5.82. The summed E-state index contributed by atoms with van der Waals surface area (Å²) in [6, 6.07) is 18.3. The number of aryl methyl sites for hydroxylation is 1. The number of sulfonamides is 1. The second-order valence-corrected chi connectivity index (χ2v) is 9.28. The van der Waals surface area contributed by atoms with Crippen LogP contribution in [0, 0.1) is 10.5 Å². The summed E-state index contributed by atoms with van der Waals surface area (Å²) in [5.74, 6) is 0.0810. The minimum Gasteiger partial charge on any atom is -0.493 e. The molecule has 31 heavy (non-hydrogen) atoms. The summed E-state index contributed by atoms with van der Waals surface area (Å²) in [5.41, 5.74) is 1.93. The topological polar surface area (TPSA) is 94.1 Å². The Morgan fingerprint density at radius 1 is 1.06 bits per heavy atom. The van der Waals surface area contributed by atoms with Gasteiger partial charge in [-0.3, -0.25) is 0 Å². The van der Waals surface area contributed by atoms with Gasteiger partial charge in [-0.15, -0.1) is 0 Å². The Kier molecular flexibility index (Phi) is 7.29. The van der Waals surface area contributed by atoms with Crippen LogP contribution in [0.2, 0.25) is 0 Å². The SMILES string of the molecule is COc1cc(/C=N\NS(=O)(=O)c2ccc(C)cc2)cc(I)c1OC(=O)c1ccccc1. The molecule has 0 radical (unpaired) electrons. The van der Waals surface area contributed by atoms with Crippen molar-refractivity contribution in [1.29, 1.82) is 0 Å². The van der Waals surface area contributed by atoms with Crippen LogP contribution >= 0.6 is 22.6 Å². The number of halogens is 1. The van der Waals surface area contributed by atoms with Crippen molar-refractivity contribution in [2.75, 3.05) is 7.11 Å². The molecular formula is C22H19IN2O5S. The molecule has 3 aromatic rings. The van der Waals surface area contributed by atoms with E-state index in [1.165, 1.54) is 25.5 Å². The summed E-state index contributed by atoms with van der Waals surface area (Å²) in [7, 11) is -2.33. The molecule has 0 unspecified atom stereocenters. The molecule has 0 aromatic heterocycles. The zero-order valence-electron chi connectivity index (χ0n) is 16.7. The molecule has 160 valence electrons. The number of carbonyl (C=O) groups is 1. The third-order valence-electron chi connectivity index (χ3n) is 4.17. The quantitative estimate of drug-likeness (QED) is 0.157. The third-order valence-corrected chi connectivity index (χ3v) is 6.21. The lowest BCUT2D eigenvalue weighted by atomic mass is 10.2. The first-order valence-electron chi connectivity index (χ1n) is 9.06. The van der Waals surface area contributed by atoms with Gasteiger partial charge in [-0.2, -0.15) is 13.5 Å². The maximum absolute atomic E-state index is 12.4. The number of benzene rings is 3. The van der Waals surface area contributed by atoms with E-state index in [0.717, 1.165) is 5.56 Å². The second-order valence-electron chi connectivity index (χ2n) is 6.46. The molecule has 7 nitrogen and oxygen atoms in total. The molecule has 1 N–H and O–H groups in total. The summed E-state index contributed by atoms with van der Waals surface area (Å²) >= 11 is 2.01. The maximum Gasteiger partial charge on any atom is 0.343 e. The zero-order chi connectivity index (χ0) is 22.4. The average molecular weight is 550 g/mol. The average Bonchev–Trinajstić information content (AvgIpc) is 2.76. The lowest BCUT2D eigenvalue weighted by Crippen LogP contribution is -2.18. The van der Waals surface area contributed by atoms with E-state index in [9.17, 15) is 13.2 Å². The van der Waals surface area contributed by atoms with Gasteiger partial charge in [0.2, 0.25) is 0 Å². The minimum absolute atomic E-state index is 0.116. The van der Waals surface area contributed by atoms with E-state index in [1.54, 1.807) is 48.5 Å². The first-order chi connectivity index (χ1) is 14.8. The molecule has 0 fully saturated rings. The molecule has 0 bridgehead atoms. The number of methoxy groups -OCH3 is 1. The van der Waals surface area contributed by atoms with Gasteiger partial charge >= 0.3 is 5.97 Å². The Bertz CT molecular complexity index is 1210. The maximum atomic E-state index is 12.4. The Labute approximate surface area is 194 Å². The highest BCUT2D eigenvalue weighted by Gasteiger charge is 2.17. The molecular weight excluding hydrogens is 531 g/mol. The molecule has 3 aromatic carbocycles. The van der Waals surface area contributed by atoms with Gasteiger partial charge in [-0.25, -0.2) is 9.63 Å². The first-order valence-corrected chi connectivity index (χ1v) is 11.6. The molecule has 0 spiro atoms. The van der Waals surface area contributed by atoms with Gasteiger partial charge in [0.1, 0.15) is 0 Å². The van der Waals surface area contributed by atoms with Crippen LogP contribution in [0.3, 0.4) is 0 Å². The molecule has 3 rings (SSSR count). The van der Waals surface area contributed by atoms with Gasteiger partial charge in [0.15, 0.2) is 11.5 Å². The number of hydrogen-bond donors (Lipinski definition) is 1. The zero-order valence-corrected chi connectivity index (χ0v) is 19.7. The molecule has 0 saturated heterocycles. The largest absolute Gasteiger partial charge is 0.493 e. The normalized spacial score (nSPS) is 11.3. The highest BCUT2D eigenvalue weighted by molar-refractivity contribution is 14.1. The monoisotopic (exact) mass is 550 g/mol. The summed E-state index contributed by atoms with van der Waals surface area (Å²) in [5, 5.41) is 3.84. The van der Waals surface area contributed by atoms with Crippen LogP contribution < -0.4 is 14.3 Å².